The van der Waals surface area contributed by atoms with E-state index in [0.717, 1.165) is 0 Å². The molecule has 1 aromatic heterocycles. The summed E-state index contributed by atoms with van der Waals surface area (Å²) in [6.45, 7) is 7.06. The summed E-state index contributed by atoms with van der Waals surface area (Å²) in [5.74, 6) is 0.685. The van der Waals surface area contributed by atoms with Gasteiger partial charge >= 0.3 is 6.03 Å². The summed E-state index contributed by atoms with van der Waals surface area (Å²) >= 11 is 1.20. The summed E-state index contributed by atoms with van der Waals surface area (Å²) in [6.07, 6.45) is 0. The second-order valence-corrected chi connectivity index (χ2v) is 3.50. The van der Waals surface area contributed by atoms with E-state index < -0.39 is 0 Å². The Morgan fingerprint density at radius 1 is 1.50 bits per heavy atom. The van der Waals surface area contributed by atoms with Gasteiger partial charge in [-0.25, -0.2) is 9.78 Å². The number of aromatic nitrogens is 2. The van der Waals surface area contributed by atoms with Crippen molar-refractivity contribution in [3.05, 3.63) is 5.82 Å². The molecule has 0 bridgehead atoms. The summed E-state index contributed by atoms with van der Waals surface area (Å²) < 4.78 is 3.98. The molecule has 1 heterocycles. The molecular weight excluding hydrogens is 200 g/mol. The first kappa shape index (κ1) is 10.9. The highest BCUT2D eigenvalue weighted by molar-refractivity contribution is 7.09. The smallest absolute Gasteiger partial charge is 0.323 e. The van der Waals surface area contributed by atoms with Gasteiger partial charge in [0, 0.05) is 24.6 Å². The van der Waals surface area contributed by atoms with Gasteiger partial charge in [0.15, 0.2) is 0 Å². The average Bonchev–Trinajstić information content (AvgIpc) is 2.53. The number of amides is 2. The lowest BCUT2D eigenvalue weighted by molar-refractivity contribution is 0.217. The molecule has 0 unspecified atom stereocenters. The van der Waals surface area contributed by atoms with Gasteiger partial charge < -0.3 is 4.90 Å². The quantitative estimate of drug-likeness (QED) is 0.833. The minimum absolute atomic E-state index is 0.119. The Morgan fingerprint density at radius 2 is 2.14 bits per heavy atom. The molecule has 2 amide bonds. The van der Waals surface area contributed by atoms with E-state index in [1.165, 1.54) is 11.5 Å². The molecule has 0 aliphatic carbocycles. The molecule has 1 aromatic rings. The monoisotopic (exact) mass is 214 g/mol. The van der Waals surface area contributed by atoms with Crippen LogP contribution in [0.5, 0.6) is 0 Å². The molecule has 5 nitrogen and oxygen atoms in total. The van der Waals surface area contributed by atoms with Crippen LogP contribution in [0.25, 0.3) is 0 Å². The van der Waals surface area contributed by atoms with Crippen molar-refractivity contribution in [1.82, 2.24) is 14.3 Å². The number of anilines is 1. The zero-order valence-corrected chi connectivity index (χ0v) is 9.39. The number of urea groups is 1. The topological polar surface area (TPSA) is 58.1 Å². The third-order valence-corrected chi connectivity index (χ3v) is 2.51. The molecule has 0 saturated carbocycles. The van der Waals surface area contributed by atoms with E-state index in [9.17, 15) is 4.79 Å². The van der Waals surface area contributed by atoms with Crippen LogP contribution in [0.1, 0.15) is 19.7 Å². The summed E-state index contributed by atoms with van der Waals surface area (Å²) in [7, 11) is 0. The van der Waals surface area contributed by atoms with E-state index in [1.807, 2.05) is 13.8 Å². The van der Waals surface area contributed by atoms with Gasteiger partial charge in [0.1, 0.15) is 5.82 Å². The van der Waals surface area contributed by atoms with Crippen molar-refractivity contribution in [3.63, 3.8) is 0 Å². The number of rotatable bonds is 3. The normalized spacial score (nSPS) is 9.93. The largest absolute Gasteiger partial charge is 0.325 e. The van der Waals surface area contributed by atoms with Crippen LogP contribution in [0.3, 0.4) is 0 Å². The number of hydrogen-bond donors (Lipinski definition) is 1. The Morgan fingerprint density at radius 3 is 2.57 bits per heavy atom. The van der Waals surface area contributed by atoms with Gasteiger partial charge in [-0.05, 0) is 20.8 Å². The fourth-order valence-corrected chi connectivity index (χ4v) is 1.59. The van der Waals surface area contributed by atoms with E-state index in [4.69, 9.17) is 0 Å². The van der Waals surface area contributed by atoms with Gasteiger partial charge in [-0.15, -0.1) is 0 Å². The summed E-state index contributed by atoms with van der Waals surface area (Å²) in [5, 5.41) is 3.25. The fourth-order valence-electron chi connectivity index (χ4n) is 1.03. The molecule has 14 heavy (non-hydrogen) atoms. The van der Waals surface area contributed by atoms with Crippen LogP contribution in [-0.4, -0.2) is 33.4 Å². The fraction of sp³-hybridized carbons (Fsp3) is 0.625. The Bertz CT molecular complexity index is 308. The number of nitrogens with zero attached hydrogens (tertiary/aromatic N) is 3. The summed E-state index contributed by atoms with van der Waals surface area (Å²) in [4.78, 5) is 17.3. The van der Waals surface area contributed by atoms with Crippen molar-refractivity contribution in [1.29, 1.82) is 0 Å². The number of carbonyl (C=O) groups excluding carboxylic acids is 1. The second-order valence-electron chi connectivity index (χ2n) is 2.75. The molecule has 0 atom stereocenters. The minimum atomic E-state index is -0.119. The zero-order valence-electron chi connectivity index (χ0n) is 8.57. The molecule has 1 N–H and O–H groups in total. The van der Waals surface area contributed by atoms with Crippen molar-refractivity contribution in [2.75, 3.05) is 18.4 Å². The lowest BCUT2D eigenvalue weighted by Crippen LogP contribution is -2.34. The maximum Gasteiger partial charge on any atom is 0.323 e. The van der Waals surface area contributed by atoms with Gasteiger partial charge in [0.05, 0.1) is 0 Å². The van der Waals surface area contributed by atoms with E-state index in [2.05, 4.69) is 14.7 Å². The molecule has 0 aliphatic rings. The average molecular weight is 214 g/mol. The highest BCUT2D eigenvalue weighted by atomic mass is 32.1. The van der Waals surface area contributed by atoms with Crippen LogP contribution >= 0.6 is 11.5 Å². The van der Waals surface area contributed by atoms with Crippen molar-refractivity contribution >= 4 is 22.7 Å². The maximum atomic E-state index is 11.5. The molecule has 0 spiro atoms. The number of hydrogen-bond acceptors (Lipinski definition) is 4. The van der Waals surface area contributed by atoms with Crippen LogP contribution in [0.4, 0.5) is 9.93 Å². The van der Waals surface area contributed by atoms with Crippen molar-refractivity contribution in [3.8, 4) is 0 Å². The number of nitrogens with one attached hydrogen (secondary N) is 1. The van der Waals surface area contributed by atoms with E-state index in [1.54, 1.807) is 11.8 Å². The van der Waals surface area contributed by atoms with E-state index >= 15 is 0 Å². The van der Waals surface area contributed by atoms with Gasteiger partial charge in [-0.1, -0.05) is 0 Å². The van der Waals surface area contributed by atoms with Crippen LogP contribution in [-0.2, 0) is 0 Å². The van der Waals surface area contributed by atoms with Gasteiger partial charge in [-0.3, -0.25) is 5.32 Å². The predicted molar refractivity (Wildman–Crippen MR) is 56.6 cm³/mol. The highest BCUT2D eigenvalue weighted by Gasteiger charge is 2.11. The van der Waals surface area contributed by atoms with Crippen molar-refractivity contribution in [2.24, 2.45) is 0 Å². The Labute approximate surface area is 87.3 Å². The molecule has 1 rings (SSSR count). The van der Waals surface area contributed by atoms with Crippen molar-refractivity contribution in [2.45, 2.75) is 20.8 Å². The summed E-state index contributed by atoms with van der Waals surface area (Å²) in [5.41, 5.74) is 0. The zero-order chi connectivity index (χ0) is 10.6. The maximum absolute atomic E-state index is 11.5. The van der Waals surface area contributed by atoms with Crippen LogP contribution < -0.4 is 5.32 Å². The van der Waals surface area contributed by atoms with E-state index in [-0.39, 0.29) is 6.03 Å². The molecular formula is C8H14N4OS. The third kappa shape index (κ3) is 2.66. The summed E-state index contributed by atoms with van der Waals surface area (Å²) in [6, 6.07) is -0.119. The Hall–Kier alpha value is -1.17. The van der Waals surface area contributed by atoms with Crippen LogP contribution in [0.15, 0.2) is 0 Å². The third-order valence-electron chi connectivity index (χ3n) is 1.79. The lowest BCUT2D eigenvalue weighted by atomic mass is 10.5. The highest BCUT2D eigenvalue weighted by Crippen LogP contribution is 2.10. The predicted octanol–water partition coefficient (Wildman–Crippen LogP) is 1.72. The van der Waals surface area contributed by atoms with E-state index in [0.29, 0.717) is 24.0 Å². The van der Waals surface area contributed by atoms with Crippen LogP contribution in [0, 0.1) is 6.92 Å². The molecule has 0 aliphatic heterocycles. The van der Waals surface area contributed by atoms with Gasteiger partial charge in [0.2, 0.25) is 5.13 Å². The van der Waals surface area contributed by atoms with Gasteiger partial charge in [0.25, 0.3) is 0 Å². The molecule has 0 fully saturated rings. The Balaban J connectivity index is 2.56. The molecule has 78 valence electrons. The number of aryl methyl sites for hydroxylation is 1. The molecule has 6 heteroatoms. The number of carbonyl (C=O) groups is 1. The SMILES string of the molecule is CCN(CC)C(=O)Nc1nc(C)ns1. The lowest BCUT2D eigenvalue weighted by Gasteiger charge is -2.17. The first-order valence-corrected chi connectivity index (χ1v) is 5.31. The van der Waals surface area contributed by atoms with Crippen molar-refractivity contribution < 1.29 is 4.79 Å². The first-order valence-electron chi connectivity index (χ1n) is 4.53. The minimum Gasteiger partial charge on any atom is -0.325 e. The standard InChI is InChI=1S/C8H14N4OS/c1-4-12(5-2)8(13)10-7-9-6(3)11-14-7/h4-5H2,1-3H3,(H,9,10,11,13). The molecule has 0 radical (unpaired) electrons. The second kappa shape index (κ2) is 4.90. The van der Waals surface area contributed by atoms with Gasteiger partial charge in [-0.2, -0.15) is 4.37 Å². The first-order chi connectivity index (χ1) is 6.67. The Kier molecular flexibility index (Phi) is 3.82. The van der Waals surface area contributed by atoms with Crippen LogP contribution in [0.2, 0.25) is 0 Å². The molecule has 0 saturated heterocycles. The molecule has 0 aromatic carbocycles.